The zero-order valence-corrected chi connectivity index (χ0v) is 19.6. The lowest BCUT2D eigenvalue weighted by atomic mass is 10.1. The van der Waals surface area contributed by atoms with E-state index in [1.165, 1.54) is 10.5 Å². The van der Waals surface area contributed by atoms with Crippen molar-refractivity contribution in [2.24, 2.45) is 0 Å². The summed E-state index contributed by atoms with van der Waals surface area (Å²) < 4.78 is 1.14. The Balaban J connectivity index is 1.26. The predicted octanol–water partition coefficient (Wildman–Crippen LogP) is 5.39. The number of aryl methyl sites for hydroxylation is 1. The second-order valence-electron chi connectivity index (χ2n) is 8.19. The Bertz CT molecular complexity index is 1330. The van der Waals surface area contributed by atoms with Crippen LogP contribution in [0.1, 0.15) is 17.5 Å². The Morgan fingerprint density at radius 2 is 1.82 bits per heavy atom. The number of anilines is 1. The van der Waals surface area contributed by atoms with Gasteiger partial charge in [-0.2, -0.15) is 0 Å². The molecule has 1 unspecified atom stereocenters. The first-order chi connectivity index (χ1) is 16.0. The molecular weight excluding hydrogens is 454 g/mol. The summed E-state index contributed by atoms with van der Waals surface area (Å²) in [7, 11) is 0. The van der Waals surface area contributed by atoms with E-state index in [0.717, 1.165) is 32.8 Å². The maximum atomic E-state index is 12.9. The van der Waals surface area contributed by atoms with Crippen LogP contribution in [-0.2, 0) is 16.0 Å². The minimum Gasteiger partial charge on any atom is -0.305 e. The molecule has 1 fully saturated rings. The van der Waals surface area contributed by atoms with Gasteiger partial charge in [0.2, 0.25) is 5.91 Å². The molecule has 1 saturated heterocycles. The number of imide groups is 1. The molecule has 0 saturated carbocycles. The second kappa shape index (κ2) is 9.06. The third kappa shape index (κ3) is 4.55. The molecule has 5 nitrogen and oxygen atoms in total. The average molecular weight is 476 g/mol. The van der Waals surface area contributed by atoms with Crippen LogP contribution in [-0.4, -0.2) is 29.4 Å². The summed E-state index contributed by atoms with van der Waals surface area (Å²) in [5.74, 6) is -0.397. The number of rotatable bonds is 6. The standard InChI is InChI=1S/C26H22ClN3O2S/c1-16-2-11-21-23(14-16)33-25(29-21)18-5-9-20(10-6-18)30-24(31)15-22(26(30)32)28-13-12-17-3-7-19(27)8-4-17/h2-11,14,22,28H,12-13,15H2,1H3. The van der Waals surface area contributed by atoms with Crippen LogP contribution in [0.5, 0.6) is 0 Å². The lowest BCUT2D eigenvalue weighted by molar-refractivity contribution is -0.121. The SMILES string of the molecule is Cc1ccc2nc(-c3ccc(N4C(=O)CC(NCCc5ccc(Cl)cc5)C4=O)cc3)sc2c1. The summed E-state index contributed by atoms with van der Waals surface area (Å²) >= 11 is 7.56. The van der Waals surface area contributed by atoms with Crippen molar-refractivity contribution in [3.8, 4) is 10.6 Å². The molecule has 1 atom stereocenters. The summed E-state index contributed by atoms with van der Waals surface area (Å²) in [5, 5.41) is 4.84. The summed E-state index contributed by atoms with van der Waals surface area (Å²) in [6, 6.07) is 20.8. The number of halogens is 1. The maximum Gasteiger partial charge on any atom is 0.251 e. The van der Waals surface area contributed by atoms with Crippen LogP contribution in [0.25, 0.3) is 20.8 Å². The lowest BCUT2D eigenvalue weighted by Crippen LogP contribution is -2.39. The highest BCUT2D eigenvalue weighted by Crippen LogP contribution is 2.32. The van der Waals surface area contributed by atoms with Crippen molar-refractivity contribution in [1.82, 2.24) is 10.3 Å². The van der Waals surface area contributed by atoms with Crippen molar-refractivity contribution in [2.45, 2.75) is 25.8 Å². The van der Waals surface area contributed by atoms with E-state index in [9.17, 15) is 9.59 Å². The highest BCUT2D eigenvalue weighted by atomic mass is 35.5. The fourth-order valence-corrected chi connectivity index (χ4v) is 5.21. The molecular formula is C26H22ClN3O2S. The Morgan fingerprint density at radius 1 is 1.06 bits per heavy atom. The van der Waals surface area contributed by atoms with Crippen LogP contribution in [0.2, 0.25) is 5.02 Å². The van der Waals surface area contributed by atoms with Crippen LogP contribution in [0.15, 0.2) is 66.7 Å². The molecule has 2 heterocycles. The molecule has 0 radical (unpaired) electrons. The first-order valence-electron chi connectivity index (χ1n) is 10.8. The van der Waals surface area contributed by atoms with Crippen LogP contribution < -0.4 is 10.2 Å². The number of hydrogen-bond donors (Lipinski definition) is 1. The topological polar surface area (TPSA) is 62.3 Å². The number of nitrogens with zero attached hydrogens (tertiary/aromatic N) is 2. The van der Waals surface area contributed by atoms with Crippen molar-refractivity contribution in [2.75, 3.05) is 11.4 Å². The van der Waals surface area contributed by atoms with Gasteiger partial charge in [-0.15, -0.1) is 11.3 Å². The van der Waals surface area contributed by atoms with Crippen molar-refractivity contribution in [1.29, 1.82) is 0 Å². The number of benzene rings is 3. The van der Waals surface area contributed by atoms with Gasteiger partial charge < -0.3 is 5.32 Å². The van der Waals surface area contributed by atoms with Gasteiger partial charge in [-0.05, 0) is 79.5 Å². The van der Waals surface area contributed by atoms with E-state index in [1.54, 1.807) is 11.3 Å². The Kier molecular flexibility index (Phi) is 5.98. The van der Waals surface area contributed by atoms with E-state index in [-0.39, 0.29) is 18.2 Å². The molecule has 5 rings (SSSR count). The first kappa shape index (κ1) is 21.8. The summed E-state index contributed by atoms with van der Waals surface area (Å²) in [4.78, 5) is 31.5. The van der Waals surface area contributed by atoms with Crippen molar-refractivity contribution in [3.63, 3.8) is 0 Å². The molecule has 1 aliphatic heterocycles. The van der Waals surface area contributed by atoms with E-state index in [1.807, 2.05) is 54.6 Å². The number of nitrogens with one attached hydrogen (secondary N) is 1. The maximum absolute atomic E-state index is 12.9. The predicted molar refractivity (Wildman–Crippen MR) is 134 cm³/mol. The van der Waals surface area contributed by atoms with Crippen molar-refractivity contribution >= 4 is 50.7 Å². The molecule has 1 aliphatic rings. The van der Waals surface area contributed by atoms with Gasteiger partial charge in [0.1, 0.15) is 5.01 Å². The van der Waals surface area contributed by atoms with Gasteiger partial charge >= 0.3 is 0 Å². The van der Waals surface area contributed by atoms with Gasteiger partial charge in [0.05, 0.1) is 28.4 Å². The summed E-state index contributed by atoms with van der Waals surface area (Å²) in [6.45, 7) is 2.67. The summed E-state index contributed by atoms with van der Waals surface area (Å²) in [5.41, 5.74) is 4.86. The van der Waals surface area contributed by atoms with Gasteiger partial charge in [0, 0.05) is 10.6 Å². The molecule has 3 aromatic carbocycles. The molecule has 2 amide bonds. The molecule has 166 valence electrons. The zero-order chi connectivity index (χ0) is 22.9. The zero-order valence-electron chi connectivity index (χ0n) is 18.0. The van der Waals surface area contributed by atoms with Crippen molar-refractivity contribution < 1.29 is 9.59 Å². The molecule has 0 aliphatic carbocycles. The Morgan fingerprint density at radius 3 is 2.58 bits per heavy atom. The average Bonchev–Trinajstić information content (AvgIpc) is 3.35. The van der Waals surface area contributed by atoms with E-state index >= 15 is 0 Å². The molecule has 1 N–H and O–H groups in total. The fourth-order valence-electron chi connectivity index (χ4n) is 4.01. The highest BCUT2D eigenvalue weighted by molar-refractivity contribution is 7.21. The Hall–Kier alpha value is -3.06. The molecule has 7 heteroatoms. The van der Waals surface area contributed by atoms with Gasteiger partial charge in [0.15, 0.2) is 0 Å². The monoisotopic (exact) mass is 475 g/mol. The first-order valence-corrected chi connectivity index (χ1v) is 12.0. The van der Waals surface area contributed by atoms with E-state index in [2.05, 4.69) is 24.4 Å². The van der Waals surface area contributed by atoms with E-state index in [0.29, 0.717) is 17.3 Å². The van der Waals surface area contributed by atoms with Gasteiger partial charge in [0.25, 0.3) is 5.91 Å². The van der Waals surface area contributed by atoms with Crippen LogP contribution >= 0.6 is 22.9 Å². The number of carbonyl (C=O) groups excluding carboxylic acids is 2. The summed E-state index contributed by atoms with van der Waals surface area (Å²) in [6.07, 6.45) is 0.921. The smallest absolute Gasteiger partial charge is 0.251 e. The molecule has 0 spiro atoms. The Labute approximate surface area is 201 Å². The minimum absolute atomic E-state index is 0.165. The van der Waals surface area contributed by atoms with E-state index in [4.69, 9.17) is 16.6 Å². The number of aromatic nitrogens is 1. The third-order valence-corrected chi connectivity index (χ3v) is 7.10. The molecule has 4 aromatic rings. The van der Waals surface area contributed by atoms with E-state index < -0.39 is 6.04 Å². The van der Waals surface area contributed by atoms with Crippen LogP contribution in [0.4, 0.5) is 5.69 Å². The minimum atomic E-state index is -0.503. The van der Waals surface area contributed by atoms with Gasteiger partial charge in [-0.3, -0.25) is 9.59 Å². The highest BCUT2D eigenvalue weighted by Gasteiger charge is 2.39. The third-order valence-electron chi connectivity index (χ3n) is 5.78. The number of carbonyl (C=O) groups is 2. The van der Waals surface area contributed by atoms with Crippen LogP contribution in [0.3, 0.4) is 0 Å². The number of hydrogen-bond acceptors (Lipinski definition) is 5. The fraction of sp³-hybridized carbons (Fsp3) is 0.192. The largest absolute Gasteiger partial charge is 0.305 e. The normalized spacial score (nSPS) is 16.2. The van der Waals surface area contributed by atoms with Crippen molar-refractivity contribution in [3.05, 3.63) is 82.9 Å². The lowest BCUT2D eigenvalue weighted by Gasteiger charge is -2.16. The second-order valence-corrected chi connectivity index (χ2v) is 9.66. The van der Waals surface area contributed by atoms with Gasteiger partial charge in [-0.25, -0.2) is 9.88 Å². The number of amides is 2. The molecule has 33 heavy (non-hydrogen) atoms. The number of fused-ring (bicyclic) bond motifs is 1. The van der Waals surface area contributed by atoms with Crippen LogP contribution in [0, 0.1) is 6.92 Å². The molecule has 0 bridgehead atoms. The number of thiazole rings is 1. The quantitative estimate of drug-likeness (QED) is 0.380. The molecule has 1 aromatic heterocycles. The van der Waals surface area contributed by atoms with Gasteiger partial charge in [-0.1, -0.05) is 29.8 Å².